The molecule has 6 heteroatoms. The second kappa shape index (κ2) is 6.75. The molecule has 0 aliphatic heterocycles. The molecule has 2 aromatic rings. The lowest BCUT2D eigenvalue weighted by atomic mass is 9.86. The third-order valence-corrected chi connectivity index (χ3v) is 5.85. The number of hydrogen-bond donors (Lipinski definition) is 1. The average Bonchev–Trinajstić information content (AvgIpc) is 2.96. The third-order valence-electron chi connectivity index (χ3n) is 4.02. The molecule has 2 atom stereocenters. The predicted octanol–water partition coefficient (Wildman–Crippen LogP) is 3.48. The fraction of sp³-hybridized carbons (Fsp3) is 0.533. The Labute approximate surface area is 132 Å². The Morgan fingerprint density at radius 3 is 3.14 bits per heavy atom. The topological polar surface area (TPSA) is 54.9 Å². The molecule has 0 bridgehead atoms. The summed E-state index contributed by atoms with van der Waals surface area (Å²) in [5.74, 6) is 1.13. The van der Waals surface area contributed by atoms with Gasteiger partial charge in [-0.15, -0.1) is 11.3 Å². The van der Waals surface area contributed by atoms with E-state index in [0.29, 0.717) is 17.7 Å². The molecule has 0 radical (unpaired) electrons. The number of hydrogen-bond acceptors (Lipinski definition) is 5. The molecule has 0 saturated heterocycles. The minimum absolute atomic E-state index is 0.112. The third kappa shape index (κ3) is 3.55. The molecule has 112 valence electrons. The van der Waals surface area contributed by atoms with Crippen LogP contribution in [-0.4, -0.2) is 27.7 Å². The summed E-state index contributed by atoms with van der Waals surface area (Å²) in [6, 6.07) is 2.36. The number of fused-ring (bicyclic) bond motifs is 1. The number of aromatic nitrogens is 2. The van der Waals surface area contributed by atoms with Gasteiger partial charge in [-0.05, 0) is 30.2 Å². The van der Waals surface area contributed by atoms with E-state index in [1.807, 2.05) is 11.4 Å². The van der Waals surface area contributed by atoms with Crippen LogP contribution in [0.2, 0.25) is 0 Å². The van der Waals surface area contributed by atoms with Crippen LogP contribution in [0.5, 0.6) is 0 Å². The van der Waals surface area contributed by atoms with E-state index in [9.17, 15) is 4.79 Å². The molecule has 0 spiro atoms. The molecule has 0 aromatic carbocycles. The van der Waals surface area contributed by atoms with Crippen LogP contribution in [0, 0.1) is 5.92 Å². The van der Waals surface area contributed by atoms with E-state index in [1.165, 1.54) is 31.0 Å². The quantitative estimate of drug-likeness (QED) is 0.692. The van der Waals surface area contributed by atoms with Gasteiger partial charge in [-0.25, -0.2) is 9.97 Å². The monoisotopic (exact) mass is 321 g/mol. The van der Waals surface area contributed by atoms with E-state index in [0.717, 1.165) is 21.7 Å². The summed E-state index contributed by atoms with van der Waals surface area (Å²) in [4.78, 5) is 21.6. The Kier molecular flexibility index (Phi) is 4.75. The first-order valence-corrected chi connectivity index (χ1v) is 9.21. The number of thioether (sulfide) groups is 1. The molecule has 1 fully saturated rings. The standard InChI is InChI=1S/C15H19N3OS2/c1-10-4-2-3-5-12(10)18-13(19)8-21-15-11-6-7-20-14(11)16-9-17-15/h6-7,9-10,12H,2-5,8H2,1H3,(H,18,19)/t10-,12+/m0/s1. The summed E-state index contributed by atoms with van der Waals surface area (Å²) >= 11 is 3.10. The molecule has 1 aliphatic rings. The highest BCUT2D eigenvalue weighted by Crippen LogP contribution is 2.28. The van der Waals surface area contributed by atoms with Crippen molar-refractivity contribution in [1.29, 1.82) is 0 Å². The highest BCUT2D eigenvalue weighted by Gasteiger charge is 2.22. The van der Waals surface area contributed by atoms with Crippen molar-refractivity contribution in [2.24, 2.45) is 5.92 Å². The van der Waals surface area contributed by atoms with Crippen molar-refractivity contribution >= 4 is 39.2 Å². The molecular weight excluding hydrogens is 302 g/mol. The summed E-state index contributed by atoms with van der Waals surface area (Å²) in [5, 5.41) is 7.13. The Balaban J connectivity index is 1.57. The maximum Gasteiger partial charge on any atom is 0.230 e. The van der Waals surface area contributed by atoms with Gasteiger partial charge in [-0.3, -0.25) is 4.79 Å². The molecule has 0 unspecified atom stereocenters. The summed E-state index contributed by atoms with van der Waals surface area (Å²) in [5.41, 5.74) is 0. The van der Waals surface area contributed by atoms with Gasteiger partial charge in [0.2, 0.25) is 5.91 Å². The Morgan fingerprint density at radius 1 is 1.43 bits per heavy atom. The van der Waals surface area contributed by atoms with E-state index in [4.69, 9.17) is 0 Å². The van der Waals surface area contributed by atoms with Crippen LogP contribution in [0.4, 0.5) is 0 Å². The van der Waals surface area contributed by atoms with E-state index in [1.54, 1.807) is 17.7 Å². The van der Waals surface area contributed by atoms with Gasteiger partial charge < -0.3 is 5.32 Å². The van der Waals surface area contributed by atoms with Crippen LogP contribution in [0.3, 0.4) is 0 Å². The van der Waals surface area contributed by atoms with Crippen LogP contribution in [-0.2, 0) is 4.79 Å². The second-order valence-electron chi connectivity index (χ2n) is 5.54. The molecule has 4 nitrogen and oxygen atoms in total. The fourth-order valence-corrected chi connectivity index (χ4v) is 4.39. The Bertz CT molecular complexity index is 628. The van der Waals surface area contributed by atoms with Crippen LogP contribution < -0.4 is 5.32 Å². The van der Waals surface area contributed by atoms with Crippen LogP contribution >= 0.6 is 23.1 Å². The molecule has 2 aromatic heterocycles. The van der Waals surface area contributed by atoms with Crippen LogP contribution in [0.1, 0.15) is 32.6 Å². The largest absolute Gasteiger partial charge is 0.352 e. The van der Waals surface area contributed by atoms with Gasteiger partial charge in [0.15, 0.2) is 0 Å². The lowest BCUT2D eigenvalue weighted by Gasteiger charge is -2.29. The van der Waals surface area contributed by atoms with Gasteiger partial charge in [0.05, 0.1) is 5.75 Å². The van der Waals surface area contributed by atoms with Gasteiger partial charge >= 0.3 is 0 Å². The molecule has 1 amide bonds. The summed E-state index contributed by atoms with van der Waals surface area (Å²) in [7, 11) is 0. The number of thiophene rings is 1. The zero-order valence-electron chi connectivity index (χ0n) is 12.0. The minimum atomic E-state index is 0.112. The number of rotatable bonds is 4. The smallest absolute Gasteiger partial charge is 0.230 e. The van der Waals surface area contributed by atoms with E-state index in [2.05, 4.69) is 22.2 Å². The average molecular weight is 321 g/mol. The highest BCUT2D eigenvalue weighted by molar-refractivity contribution is 8.00. The maximum absolute atomic E-state index is 12.1. The molecule has 3 rings (SSSR count). The number of amides is 1. The SMILES string of the molecule is C[C@H]1CCCC[C@H]1NC(=O)CSc1ncnc2sccc12. The zero-order valence-corrected chi connectivity index (χ0v) is 13.7. The molecule has 1 N–H and O–H groups in total. The van der Waals surface area contributed by atoms with E-state index in [-0.39, 0.29) is 5.91 Å². The van der Waals surface area contributed by atoms with Crippen molar-refractivity contribution in [3.63, 3.8) is 0 Å². The number of carbonyl (C=O) groups excluding carboxylic acids is 1. The predicted molar refractivity (Wildman–Crippen MR) is 87.7 cm³/mol. The van der Waals surface area contributed by atoms with Crippen molar-refractivity contribution in [3.05, 3.63) is 17.8 Å². The summed E-state index contributed by atoms with van der Waals surface area (Å²) in [6.45, 7) is 2.23. The van der Waals surface area contributed by atoms with Crippen molar-refractivity contribution in [2.75, 3.05) is 5.75 Å². The summed E-state index contributed by atoms with van der Waals surface area (Å²) < 4.78 is 0. The normalized spacial score (nSPS) is 22.3. The van der Waals surface area contributed by atoms with Crippen LogP contribution in [0.15, 0.2) is 22.8 Å². The van der Waals surface area contributed by atoms with Crippen LogP contribution in [0.25, 0.3) is 10.2 Å². The molecular formula is C15H19N3OS2. The lowest BCUT2D eigenvalue weighted by molar-refractivity contribution is -0.119. The number of carbonyl (C=O) groups is 1. The van der Waals surface area contributed by atoms with Gasteiger partial charge in [0, 0.05) is 11.4 Å². The summed E-state index contributed by atoms with van der Waals surface area (Å²) in [6.07, 6.45) is 6.42. The number of nitrogens with one attached hydrogen (secondary N) is 1. The minimum Gasteiger partial charge on any atom is -0.352 e. The van der Waals surface area contributed by atoms with Crippen molar-refractivity contribution in [3.8, 4) is 0 Å². The maximum atomic E-state index is 12.1. The number of nitrogens with zero attached hydrogens (tertiary/aromatic N) is 2. The van der Waals surface area contributed by atoms with E-state index >= 15 is 0 Å². The van der Waals surface area contributed by atoms with Gasteiger partial charge in [0.25, 0.3) is 0 Å². The molecule has 1 aliphatic carbocycles. The van der Waals surface area contributed by atoms with Crippen molar-refractivity contribution in [1.82, 2.24) is 15.3 Å². The molecule has 21 heavy (non-hydrogen) atoms. The highest BCUT2D eigenvalue weighted by atomic mass is 32.2. The first-order valence-electron chi connectivity index (χ1n) is 7.34. The second-order valence-corrected chi connectivity index (χ2v) is 7.40. The zero-order chi connectivity index (χ0) is 14.7. The van der Waals surface area contributed by atoms with Crippen molar-refractivity contribution < 1.29 is 4.79 Å². The molecule has 2 heterocycles. The molecule has 1 saturated carbocycles. The Hall–Kier alpha value is -1.14. The van der Waals surface area contributed by atoms with Gasteiger partial charge in [-0.1, -0.05) is 31.5 Å². The first kappa shape index (κ1) is 14.8. The van der Waals surface area contributed by atoms with Gasteiger partial charge in [-0.2, -0.15) is 0 Å². The van der Waals surface area contributed by atoms with Crippen molar-refractivity contribution in [2.45, 2.75) is 43.7 Å². The Morgan fingerprint density at radius 2 is 2.29 bits per heavy atom. The van der Waals surface area contributed by atoms with E-state index < -0.39 is 0 Å². The fourth-order valence-electron chi connectivity index (χ4n) is 2.80. The lowest BCUT2D eigenvalue weighted by Crippen LogP contribution is -2.41. The first-order chi connectivity index (χ1) is 10.2. The van der Waals surface area contributed by atoms with Gasteiger partial charge in [0.1, 0.15) is 16.2 Å².